The van der Waals surface area contributed by atoms with Gasteiger partial charge in [-0.2, -0.15) is 0 Å². The fraction of sp³-hybridized carbons (Fsp3) is 0.364. The molecule has 0 amide bonds. The van der Waals surface area contributed by atoms with E-state index >= 15 is 0 Å². The molecule has 1 aliphatic rings. The second-order valence-electron chi connectivity index (χ2n) is 3.52. The highest BCUT2D eigenvalue weighted by Crippen LogP contribution is 2.33. The lowest BCUT2D eigenvalue weighted by atomic mass is 10.1. The second kappa shape index (κ2) is 4.06. The van der Waals surface area contributed by atoms with E-state index in [0.717, 1.165) is 6.07 Å². The third-order valence-corrected chi connectivity index (χ3v) is 2.53. The van der Waals surface area contributed by atoms with Gasteiger partial charge in [0.05, 0.1) is 6.10 Å². The van der Waals surface area contributed by atoms with Crippen molar-refractivity contribution in [2.75, 3.05) is 0 Å². The van der Waals surface area contributed by atoms with Crippen molar-refractivity contribution in [3.05, 3.63) is 35.4 Å². The minimum Gasteiger partial charge on any atom is -0.363 e. The maximum Gasteiger partial charge on any atom is 0.164 e. The van der Waals surface area contributed by atoms with Crippen LogP contribution in [0.2, 0.25) is 0 Å². The van der Waals surface area contributed by atoms with E-state index in [9.17, 15) is 13.6 Å². The minimum absolute atomic E-state index is 0.194. The third kappa shape index (κ3) is 1.90. The van der Waals surface area contributed by atoms with Crippen LogP contribution in [0.25, 0.3) is 0 Å². The van der Waals surface area contributed by atoms with E-state index in [0.29, 0.717) is 19.1 Å². The number of benzene rings is 1. The van der Waals surface area contributed by atoms with Crippen molar-refractivity contribution >= 4 is 6.29 Å². The number of ether oxygens (including phenoxy) is 1. The molecule has 4 heteroatoms. The first-order chi connectivity index (χ1) is 7.22. The number of hydrogen-bond donors (Lipinski definition) is 0. The molecule has 1 aliphatic heterocycles. The Balaban J connectivity index is 2.24. The van der Waals surface area contributed by atoms with Crippen molar-refractivity contribution in [2.24, 2.45) is 0 Å². The standard InChI is InChI=1S/C11H10F2O2/c12-9-3-1-2-8(11(9)13)10-5-4-7(6-14)15-10/h1-3,6-7,10H,4-5H2. The van der Waals surface area contributed by atoms with Crippen molar-refractivity contribution in [3.8, 4) is 0 Å². The summed E-state index contributed by atoms with van der Waals surface area (Å²) in [5, 5.41) is 0. The summed E-state index contributed by atoms with van der Waals surface area (Å²) in [7, 11) is 0. The molecule has 1 heterocycles. The van der Waals surface area contributed by atoms with Gasteiger partial charge in [0.1, 0.15) is 12.4 Å². The molecule has 0 saturated carbocycles. The van der Waals surface area contributed by atoms with Gasteiger partial charge in [0, 0.05) is 5.56 Å². The summed E-state index contributed by atoms with van der Waals surface area (Å²) in [6.45, 7) is 0. The van der Waals surface area contributed by atoms with Gasteiger partial charge >= 0.3 is 0 Å². The van der Waals surface area contributed by atoms with Crippen LogP contribution in [0.5, 0.6) is 0 Å². The highest BCUT2D eigenvalue weighted by Gasteiger charge is 2.28. The Labute approximate surface area is 85.9 Å². The molecule has 2 nitrogen and oxygen atoms in total. The Bertz CT molecular complexity index is 379. The lowest BCUT2D eigenvalue weighted by molar-refractivity contribution is -0.117. The van der Waals surface area contributed by atoms with Crippen LogP contribution in [0.15, 0.2) is 18.2 Å². The summed E-state index contributed by atoms with van der Waals surface area (Å²) in [6.07, 6.45) is 0.805. The number of carbonyl (C=O) groups is 1. The molecule has 0 spiro atoms. The van der Waals surface area contributed by atoms with Crippen LogP contribution in [0.3, 0.4) is 0 Å². The Kier molecular flexibility index (Phi) is 2.77. The van der Waals surface area contributed by atoms with Gasteiger partial charge in [0.25, 0.3) is 0 Å². The molecule has 0 radical (unpaired) electrons. The minimum atomic E-state index is -0.884. The first-order valence-corrected chi connectivity index (χ1v) is 4.77. The van der Waals surface area contributed by atoms with E-state index in [1.165, 1.54) is 12.1 Å². The third-order valence-electron chi connectivity index (χ3n) is 2.53. The van der Waals surface area contributed by atoms with Gasteiger partial charge in [-0.15, -0.1) is 0 Å². The quantitative estimate of drug-likeness (QED) is 0.703. The molecular weight excluding hydrogens is 202 g/mol. The van der Waals surface area contributed by atoms with E-state index in [-0.39, 0.29) is 5.56 Å². The van der Waals surface area contributed by atoms with E-state index in [4.69, 9.17) is 4.74 Å². The smallest absolute Gasteiger partial charge is 0.164 e. The Morgan fingerprint density at radius 2 is 2.13 bits per heavy atom. The molecule has 0 aromatic heterocycles. The molecule has 0 N–H and O–H groups in total. The Morgan fingerprint density at radius 3 is 2.80 bits per heavy atom. The summed E-state index contributed by atoms with van der Waals surface area (Å²) in [5.74, 6) is -1.76. The highest BCUT2D eigenvalue weighted by atomic mass is 19.2. The van der Waals surface area contributed by atoms with E-state index < -0.39 is 23.8 Å². The maximum absolute atomic E-state index is 13.3. The number of halogens is 2. The second-order valence-corrected chi connectivity index (χ2v) is 3.52. The highest BCUT2D eigenvalue weighted by molar-refractivity contribution is 5.56. The van der Waals surface area contributed by atoms with Gasteiger partial charge in [-0.05, 0) is 18.9 Å². The fourth-order valence-electron chi connectivity index (χ4n) is 1.76. The lowest BCUT2D eigenvalue weighted by Gasteiger charge is -2.11. The normalized spacial score (nSPS) is 25.5. The van der Waals surface area contributed by atoms with Crippen molar-refractivity contribution < 1.29 is 18.3 Å². The molecule has 15 heavy (non-hydrogen) atoms. The molecule has 1 fully saturated rings. The Morgan fingerprint density at radius 1 is 1.33 bits per heavy atom. The average Bonchev–Trinajstić information content (AvgIpc) is 2.70. The molecule has 0 aliphatic carbocycles. The molecule has 2 atom stereocenters. The van der Waals surface area contributed by atoms with Crippen LogP contribution in [-0.2, 0) is 9.53 Å². The van der Waals surface area contributed by atoms with Crippen LogP contribution < -0.4 is 0 Å². The predicted octanol–water partition coefficient (Wildman–Crippen LogP) is 2.38. The van der Waals surface area contributed by atoms with Gasteiger partial charge in [-0.25, -0.2) is 8.78 Å². The van der Waals surface area contributed by atoms with Crippen molar-refractivity contribution in [1.82, 2.24) is 0 Å². The topological polar surface area (TPSA) is 26.3 Å². The average molecular weight is 212 g/mol. The number of hydrogen-bond acceptors (Lipinski definition) is 2. The van der Waals surface area contributed by atoms with Crippen LogP contribution in [0.4, 0.5) is 8.78 Å². The first kappa shape index (κ1) is 10.2. The summed E-state index contributed by atoms with van der Waals surface area (Å²) in [4.78, 5) is 10.4. The zero-order chi connectivity index (χ0) is 10.8. The maximum atomic E-state index is 13.3. The zero-order valence-electron chi connectivity index (χ0n) is 7.95. The molecular formula is C11H10F2O2. The number of carbonyl (C=O) groups excluding carboxylic acids is 1. The van der Waals surface area contributed by atoms with Gasteiger partial charge in [-0.1, -0.05) is 12.1 Å². The molecule has 1 aromatic carbocycles. The summed E-state index contributed by atoms with van der Waals surface area (Å²) in [5.41, 5.74) is 0.194. The van der Waals surface area contributed by atoms with Gasteiger partial charge < -0.3 is 9.53 Å². The summed E-state index contributed by atoms with van der Waals surface area (Å²) in [6, 6.07) is 3.98. The van der Waals surface area contributed by atoms with Gasteiger partial charge in [-0.3, -0.25) is 0 Å². The summed E-state index contributed by atoms with van der Waals surface area (Å²) >= 11 is 0. The van der Waals surface area contributed by atoms with Crippen LogP contribution in [0, 0.1) is 11.6 Å². The molecule has 2 rings (SSSR count). The largest absolute Gasteiger partial charge is 0.363 e. The first-order valence-electron chi connectivity index (χ1n) is 4.77. The summed E-state index contributed by atoms with van der Waals surface area (Å²) < 4.78 is 31.5. The predicted molar refractivity (Wildman–Crippen MR) is 49.3 cm³/mol. The van der Waals surface area contributed by atoms with E-state index in [1.807, 2.05) is 0 Å². The van der Waals surface area contributed by atoms with Crippen molar-refractivity contribution in [1.29, 1.82) is 0 Å². The molecule has 80 valence electrons. The monoisotopic (exact) mass is 212 g/mol. The van der Waals surface area contributed by atoms with E-state index in [2.05, 4.69) is 0 Å². The van der Waals surface area contributed by atoms with Gasteiger partial charge in [0.15, 0.2) is 11.6 Å². The molecule has 1 aromatic rings. The van der Waals surface area contributed by atoms with E-state index in [1.54, 1.807) is 0 Å². The Hall–Kier alpha value is -1.29. The van der Waals surface area contributed by atoms with Crippen molar-refractivity contribution in [3.63, 3.8) is 0 Å². The SMILES string of the molecule is O=CC1CCC(c2cccc(F)c2F)O1. The number of rotatable bonds is 2. The number of aldehydes is 1. The zero-order valence-corrected chi connectivity index (χ0v) is 7.95. The fourth-order valence-corrected chi connectivity index (χ4v) is 1.76. The molecule has 0 bridgehead atoms. The van der Waals surface area contributed by atoms with Crippen LogP contribution in [0.1, 0.15) is 24.5 Å². The molecule has 1 saturated heterocycles. The lowest BCUT2D eigenvalue weighted by Crippen LogP contribution is -2.08. The van der Waals surface area contributed by atoms with Crippen molar-refractivity contribution in [2.45, 2.75) is 25.0 Å². The van der Waals surface area contributed by atoms with Gasteiger partial charge in [0.2, 0.25) is 0 Å². The molecule has 2 unspecified atom stereocenters. The van der Waals surface area contributed by atoms with Crippen LogP contribution in [-0.4, -0.2) is 12.4 Å². The van der Waals surface area contributed by atoms with Crippen LogP contribution >= 0.6 is 0 Å².